The highest BCUT2D eigenvalue weighted by atomic mass is 35.5. The number of halogens is 1. The summed E-state index contributed by atoms with van der Waals surface area (Å²) in [6, 6.07) is 14.0. The molecule has 3 fully saturated rings. The van der Waals surface area contributed by atoms with Crippen LogP contribution in [0.15, 0.2) is 60.7 Å². The van der Waals surface area contributed by atoms with E-state index in [0.29, 0.717) is 22.5 Å². The number of carbonyl (C=O) groups is 3. The SMILES string of the molecule is Cc1cccc(NC(=O)[C@@H]2[C@@H]3C=C[C@]4(O3)[C@@H]2C(=O)N(Cc2ccccc2Cl)[C@H]4C(=O)N[C@@H]2CCC[C@H](C)[C@@H]2C)c1. The van der Waals surface area contributed by atoms with Crippen LogP contribution in [0.2, 0.25) is 5.02 Å². The lowest BCUT2D eigenvalue weighted by Crippen LogP contribution is -2.57. The van der Waals surface area contributed by atoms with Gasteiger partial charge in [-0.15, -0.1) is 0 Å². The highest BCUT2D eigenvalue weighted by Gasteiger charge is 2.72. The number of amides is 3. The van der Waals surface area contributed by atoms with Gasteiger partial charge in [0, 0.05) is 23.3 Å². The van der Waals surface area contributed by atoms with Crippen molar-refractivity contribution in [2.24, 2.45) is 23.7 Å². The number of ether oxygens (including phenoxy) is 1. The van der Waals surface area contributed by atoms with Crippen LogP contribution in [-0.4, -0.2) is 46.4 Å². The van der Waals surface area contributed by atoms with E-state index in [9.17, 15) is 14.4 Å². The van der Waals surface area contributed by atoms with Crippen LogP contribution in [0.4, 0.5) is 5.69 Å². The van der Waals surface area contributed by atoms with E-state index in [4.69, 9.17) is 16.3 Å². The molecule has 3 amide bonds. The molecule has 8 heteroatoms. The number of rotatable bonds is 6. The van der Waals surface area contributed by atoms with Crippen molar-refractivity contribution in [2.45, 2.75) is 70.4 Å². The quantitative estimate of drug-likeness (QED) is 0.492. The highest BCUT2D eigenvalue weighted by Crippen LogP contribution is 2.55. The zero-order chi connectivity index (χ0) is 28.2. The molecule has 8 atom stereocenters. The Hall–Kier alpha value is -3.16. The maximum Gasteiger partial charge on any atom is 0.246 e. The molecule has 0 unspecified atom stereocenters. The van der Waals surface area contributed by atoms with Crippen LogP contribution in [0.3, 0.4) is 0 Å². The molecule has 3 aliphatic heterocycles. The van der Waals surface area contributed by atoms with Crippen molar-refractivity contribution in [1.82, 2.24) is 10.2 Å². The third-order valence-electron chi connectivity index (χ3n) is 9.54. The Morgan fingerprint density at radius 1 is 1.10 bits per heavy atom. The monoisotopic (exact) mass is 561 g/mol. The van der Waals surface area contributed by atoms with E-state index in [0.717, 1.165) is 30.4 Å². The summed E-state index contributed by atoms with van der Waals surface area (Å²) >= 11 is 6.50. The largest absolute Gasteiger partial charge is 0.359 e. The van der Waals surface area contributed by atoms with E-state index in [-0.39, 0.29) is 30.3 Å². The summed E-state index contributed by atoms with van der Waals surface area (Å²) in [5.41, 5.74) is 1.21. The number of anilines is 1. The van der Waals surface area contributed by atoms with Gasteiger partial charge in [0.05, 0.1) is 17.9 Å². The average molecular weight is 562 g/mol. The molecule has 0 radical (unpaired) electrons. The first-order chi connectivity index (χ1) is 19.2. The summed E-state index contributed by atoms with van der Waals surface area (Å²) in [4.78, 5) is 43.7. The number of carbonyl (C=O) groups excluding carboxylic acids is 3. The van der Waals surface area contributed by atoms with E-state index < -0.39 is 29.6 Å². The molecule has 2 N–H and O–H groups in total. The van der Waals surface area contributed by atoms with Crippen molar-refractivity contribution in [3.8, 4) is 0 Å². The summed E-state index contributed by atoms with van der Waals surface area (Å²) in [6.45, 7) is 6.51. The predicted octanol–water partition coefficient (Wildman–Crippen LogP) is 4.88. The first-order valence-corrected chi connectivity index (χ1v) is 14.7. The molecular formula is C32H36ClN3O4. The maximum absolute atomic E-state index is 14.2. The van der Waals surface area contributed by atoms with Crippen LogP contribution in [0.5, 0.6) is 0 Å². The van der Waals surface area contributed by atoms with Gasteiger partial charge >= 0.3 is 0 Å². The molecule has 2 bridgehead atoms. The first-order valence-electron chi connectivity index (χ1n) is 14.3. The molecule has 4 aliphatic rings. The maximum atomic E-state index is 14.2. The van der Waals surface area contributed by atoms with Gasteiger partial charge in [0.25, 0.3) is 0 Å². The van der Waals surface area contributed by atoms with E-state index in [2.05, 4.69) is 24.5 Å². The Kier molecular flexibility index (Phi) is 6.99. The summed E-state index contributed by atoms with van der Waals surface area (Å²) < 4.78 is 6.49. The van der Waals surface area contributed by atoms with Crippen molar-refractivity contribution in [2.75, 3.05) is 5.32 Å². The van der Waals surface area contributed by atoms with Crippen LogP contribution >= 0.6 is 11.6 Å². The fourth-order valence-electron chi connectivity index (χ4n) is 7.24. The Morgan fingerprint density at radius 3 is 2.67 bits per heavy atom. The van der Waals surface area contributed by atoms with Crippen LogP contribution in [0.1, 0.15) is 44.2 Å². The zero-order valence-electron chi connectivity index (χ0n) is 23.1. The molecule has 2 saturated heterocycles. The Bertz CT molecular complexity index is 1380. The Morgan fingerprint density at radius 2 is 1.90 bits per heavy atom. The first kappa shape index (κ1) is 27.0. The van der Waals surface area contributed by atoms with E-state index in [1.54, 1.807) is 11.0 Å². The summed E-state index contributed by atoms with van der Waals surface area (Å²) in [5, 5.41) is 6.80. The summed E-state index contributed by atoms with van der Waals surface area (Å²) in [6.07, 6.45) is 6.21. The lowest BCUT2D eigenvalue weighted by Gasteiger charge is -2.38. The number of benzene rings is 2. The van der Waals surface area contributed by atoms with Gasteiger partial charge in [0.2, 0.25) is 17.7 Å². The number of likely N-dealkylation sites (tertiary alicyclic amines) is 1. The predicted molar refractivity (Wildman–Crippen MR) is 153 cm³/mol. The second-order valence-corrected chi connectivity index (χ2v) is 12.4. The van der Waals surface area contributed by atoms with Crippen LogP contribution in [0.25, 0.3) is 0 Å². The molecule has 1 saturated carbocycles. The zero-order valence-corrected chi connectivity index (χ0v) is 23.9. The van der Waals surface area contributed by atoms with Gasteiger partial charge in [-0.1, -0.05) is 80.8 Å². The minimum absolute atomic E-state index is 0.0203. The van der Waals surface area contributed by atoms with Crippen molar-refractivity contribution in [1.29, 1.82) is 0 Å². The fourth-order valence-corrected chi connectivity index (χ4v) is 7.44. The van der Waals surface area contributed by atoms with Gasteiger partial charge in [-0.3, -0.25) is 14.4 Å². The smallest absolute Gasteiger partial charge is 0.246 e. The number of nitrogens with one attached hydrogen (secondary N) is 2. The lowest BCUT2D eigenvalue weighted by molar-refractivity contribution is -0.142. The van der Waals surface area contributed by atoms with Gasteiger partial charge in [0.15, 0.2) is 0 Å². The van der Waals surface area contributed by atoms with Gasteiger partial charge in [-0.2, -0.15) is 0 Å². The molecule has 40 heavy (non-hydrogen) atoms. The number of nitrogens with zero attached hydrogens (tertiary/aromatic N) is 1. The standard InChI is InChI=1S/C32H36ClN3O4/c1-18-8-6-11-22(16-18)34-29(37)26-25-14-15-32(40-25)27(26)31(39)36(17-21-10-4-5-12-23(21)33)28(32)30(38)35-24-13-7-9-19(2)20(24)3/h4-6,8,10-12,14-16,19-20,24-28H,7,9,13,17H2,1-3H3,(H,34,37)(H,35,38)/t19-,20-,24+,25-,26+,27-,28-,32-/m0/s1. The second kappa shape index (κ2) is 10.3. The average Bonchev–Trinajstić information content (AvgIpc) is 3.55. The summed E-state index contributed by atoms with van der Waals surface area (Å²) in [7, 11) is 0. The molecule has 0 aromatic heterocycles. The van der Waals surface area contributed by atoms with Crippen molar-refractivity contribution >= 4 is 35.0 Å². The number of hydrogen-bond donors (Lipinski definition) is 2. The van der Waals surface area contributed by atoms with Gasteiger partial charge in [0.1, 0.15) is 11.6 Å². The molecule has 2 aromatic carbocycles. The molecule has 3 heterocycles. The molecule has 6 rings (SSSR count). The Balaban J connectivity index is 1.34. The van der Waals surface area contributed by atoms with Crippen molar-refractivity contribution < 1.29 is 19.1 Å². The second-order valence-electron chi connectivity index (χ2n) is 12.0. The molecule has 7 nitrogen and oxygen atoms in total. The van der Waals surface area contributed by atoms with Crippen LogP contribution in [0, 0.1) is 30.6 Å². The number of hydrogen-bond acceptors (Lipinski definition) is 4. The van der Waals surface area contributed by atoms with Gasteiger partial charge in [-0.25, -0.2) is 0 Å². The van der Waals surface area contributed by atoms with Gasteiger partial charge in [-0.05, 0) is 54.5 Å². The minimum Gasteiger partial charge on any atom is -0.359 e. The van der Waals surface area contributed by atoms with E-state index in [1.165, 1.54) is 0 Å². The van der Waals surface area contributed by atoms with Crippen molar-refractivity contribution in [3.05, 3.63) is 76.8 Å². The third kappa shape index (κ3) is 4.44. The van der Waals surface area contributed by atoms with Gasteiger partial charge < -0.3 is 20.3 Å². The normalized spacial score (nSPS) is 34.1. The van der Waals surface area contributed by atoms with Crippen LogP contribution in [-0.2, 0) is 25.7 Å². The van der Waals surface area contributed by atoms with E-state index in [1.807, 2.05) is 61.5 Å². The number of aryl methyl sites for hydroxylation is 1. The number of fused-ring (bicyclic) bond motifs is 1. The van der Waals surface area contributed by atoms with E-state index >= 15 is 0 Å². The fraction of sp³-hybridized carbons (Fsp3) is 0.469. The molecular weight excluding hydrogens is 526 g/mol. The van der Waals surface area contributed by atoms with Crippen LogP contribution < -0.4 is 10.6 Å². The molecule has 210 valence electrons. The lowest BCUT2D eigenvalue weighted by atomic mass is 9.73. The highest BCUT2D eigenvalue weighted by molar-refractivity contribution is 6.31. The molecule has 1 spiro atoms. The molecule has 1 aliphatic carbocycles. The Labute approximate surface area is 240 Å². The van der Waals surface area contributed by atoms with Crippen molar-refractivity contribution in [3.63, 3.8) is 0 Å². The molecule has 2 aromatic rings. The third-order valence-corrected chi connectivity index (χ3v) is 9.91. The summed E-state index contributed by atoms with van der Waals surface area (Å²) in [5.74, 6) is -1.52. The minimum atomic E-state index is -1.22. The topological polar surface area (TPSA) is 87.7 Å².